The molecule has 0 saturated heterocycles. The molecule has 1 unspecified atom stereocenters. The molecule has 2 amide bonds. The number of benzene rings is 1. The largest absolute Gasteiger partial charge is 0.385 e. The van der Waals surface area contributed by atoms with Gasteiger partial charge >= 0.3 is 6.03 Å². The number of carbonyl (C=O) groups excluding carboxylic acids is 1. The molecular weight excluding hydrogens is 279 g/mol. The van der Waals surface area contributed by atoms with Crippen LogP contribution in [0.15, 0.2) is 23.1 Å². The van der Waals surface area contributed by atoms with Crippen molar-refractivity contribution < 1.29 is 13.9 Å². The van der Waals surface area contributed by atoms with Crippen LogP contribution in [0.25, 0.3) is 0 Å². The lowest BCUT2D eigenvalue weighted by Crippen LogP contribution is -2.39. The summed E-state index contributed by atoms with van der Waals surface area (Å²) in [6.45, 7) is 1.19. The van der Waals surface area contributed by atoms with Crippen molar-refractivity contribution in [3.63, 3.8) is 0 Å². The maximum absolute atomic E-state index is 13.3. The molecule has 1 atom stereocenters. The van der Waals surface area contributed by atoms with Gasteiger partial charge in [0.2, 0.25) is 0 Å². The summed E-state index contributed by atoms with van der Waals surface area (Å²) >= 11 is 1.70. The molecule has 0 saturated carbocycles. The zero-order chi connectivity index (χ0) is 14.4. The van der Waals surface area contributed by atoms with Gasteiger partial charge in [0.25, 0.3) is 0 Å². The van der Waals surface area contributed by atoms with Crippen LogP contribution in [0.2, 0.25) is 0 Å². The predicted molar refractivity (Wildman–Crippen MR) is 77.5 cm³/mol. The lowest BCUT2D eigenvalue weighted by atomic mass is 10.0. The second-order valence-corrected chi connectivity index (χ2v) is 5.76. The third-order valence-electron chi connectivity index (χ3n) is 3.13. The van der Waals surface area contributed by atoms with Crippen LogP contribution in [-0.2, 0) is 4.74 Å². The molecule has 0 radical (unpaired) electrons. The Labute approximate surface area is 122 Å². The average molecular weight is 298 g/mol. The van der Waals surface area contributed by atoms with Crippen molar-refractivity contribution in [1.29, 1.82) is 0 Å². The molecule has 20 heavy (non-hydrogen) atoms. The SMILES string of the molecule is COCCCNC(=O)NC1CCSc2ccc(F)cc21. The maximum atomic E-state index is 13.3. The minimum absolute atomic E-state index is 0.121. The Morgan fingerprint density at radius 3 is 3.20 bits per heavy atom. The number of hydrogen-bond donors (Lipinski definition) is 2. The molecule has 2 N–H and O–H groups in total. The molecule has 0 aromatic heterocycles. The summed E-state index contributed by atoms with van der Waals surface area (Å²) in [6, 6.07) is 4.41. The van der Waals surface area contributed by atoms with E-state index in [1.165, 1.54) is 12.1 Å². The first kappa shape index (κ1) is 15.1. The molecule has 0 fully saturated rings. The summed E-state index contributed by atoms with van der Waals surface area (Å²) in [5.41, 5.74) is 0.869. The first-order chi connectivity index (χ1) is 9.70. The van der Waals surface area contributed by atoms with E-state index >= 15 is 0 Å². The molecule has 4 nitrogen and oxygen atoms in total. The normalized spacial score (nSPS) is 17.4. The maximum Gasteiger partial charge on any atom is 0.315 e. The van der Waals surface area contributed by atoms with Gasteiger partial charge in [0, 0.05) is 30.9 Å². The quantitative estimate of drug-likeness (QED) is 0.822. The monoisotopic (exact) mass is 298 g/mol. The summed E-state index contributed by atoms with van der Waals surface area (Å²) in [7, 11) is 1.63. The fraction of sp³-hybridized carbons (Fsp3) is 0.500. The van der Waals surface area contributed by atoms with E-state index in [1.807, 2.05) is 0 Å². The fourth-order valence-corrected chi connectivity index (χ4v) is 3.25. The van der Waals surface area contributed by atoms with E-state index in [-0.39, 0.29) is 17.9 Å². The molecule has 6 heteroatoms. The van der Waals surface area contributed by atoms with E-state index in [0.717, 1.165) is 29.1 Å². The highest BCUT2D eigenvalue weighted by Gasteiger charge is 2.22. The number of rotatable bonds is 5. The molecular formula is C14H19FN2O2S. The number of thioether (sulfide) groups is 1. The molecule has 1 aliphatic rings. The van der Waals surface area contributed by atoms with Gasteiger partial charge in [0.05, 0.1) is 6.04 Å². The first-order valence-corrected chi connectivity index (χ1v) is 7.65. The van der Waals surface area contributed by atoms with Crippen molar-refractivity contribution in [1.82, 2.24) is 10.6 Å². The third kappa shape index (κ3) is 4.11. The number of carbonyl (C=O) groups is 1. The fourth-order valence-electron chi connectivity index (χ4n) is 2.14. The number of ether oxygens (including phenoxy) is 1. The minimum atomic E-state index is -0.265. The van der Waals surface area contributed by atoms with Crippen molar-refractivity contribution >= 4 is 17.8 Å². The number of hydrogen-bond acceptors (Lipinski definition) is 3. The summed E-state index contributed by atoms with van der Waals surface area (Å²) in [6.07, 6.45) is 1.59. The van der Waals surface area contributed by atoms with Crippen LogP contribution in [-0.4, -0.2) is 32.0 Å². The highest BCUT2D eigenvalue weighted by molar-refractivity contribution is 7.99. The van der Waals surface area contributed by atoms with E-state index in [0.29, 0.717) is 13.2 Å². The Balaban J connectivity index is 1.91. The molecule has 1 heterocycles. The number of amides is 2. The second-order valence-electron chi connectivity index (χ2n) is 4.62. The van der Waals surface area contributed by atoms with Gasteiger partial charge in [-0.1, -0.05) is 0 Å². The Morgan fingerprint density at radius 2 is 2.40 bits per heavy atom. The first-order valence-electron chi connectivity index (χ1n) is 6.66. The highest BCUT2D eigenvalue weighted by Crippen LogP contribution is 2.36. The Kier molecular flexibility index (Phi) is 5.67. The zero-order valence-electron chi connectivity index (χ0n) is 11.4. The predicted octanol–water partition coefficient (Wildman–Crippen LogP) is 2.70. The van der Waals surface area contributed by atoms with Gasteiger partial charge in [-0.15, -0.1) is 11.8 Å². The van der Waals surface area contributed by atoms with Crippen LogP contribution < -0.4 is 10.6 Å². The van der Waals surface area contributed by atoms with E-state index < -0.39 is 0 Å². The second kappa shape index (κ2) is 7.50. The van der Waals surface area contributed by atoms with E-state index in [1.54, 1.807) is 24.9 Å². The molecule has 1 aromatic rings. The van der Waals surface area contributed by atoms with Gasteiger partial charge < -0.3 is 15.4 Å². The smallest absolute Gasteiger partial charge is 0.315 e. The van der Waals surface area contributed by atoms with Gasteiger partial charge in [-0.3, -0.25) is 0 Å². The molecule has 1 aliphatic heterocycles. The van der Waals surface area contributed by atoms with Gasteiger partial charge in [-0.2, -0.15) is 0 Å². The van der Waals surface area contributed by atoms with Gasteiger partial charge in [-0.05, 0) is 36.6 Å². The number of fused-ring (bicyclic) bond motifs is 1. The van der Waals surface area contributed by atoms with Crippen LogP contribution in [0, 0.1) is 5.82 Å². The average Bonchev–Trinajstić information content (AvgIpc) is 2.44. The van der Waals surface area contributed by atoms with Crippen LogP contribution in [0.5, 0.6) is 0 Å². The van der Waals surface area contributed by atoms with Crippen LogP contribution in [0.4, 0.5) is 9.18 Å². The van der Waals surface area contributed by atoms with Crippen molar-refractivity contribution in [2.24, 2.45) is 0 Å². The molecule has 1 aromatic carbocycles. The zero-order valence-corrected chi connectivity index (χ0v) is 12.3. The third-order valence-corrected chi connectivity index (χ3v) is 4.25. The standard InChI is InChI=1S/C14H19FN2O2S/c1-19-7-2-6-16-14(18)17-12-5-8-20-13-4-3-10(15)9-11(12)13/h3-4,9,12H,2,5-8H2,1H3,(H2,16,17,18). The number of halogens is 1. The van der Waals surface area contributed by atoms with Crippen LogP contribution in [0.3, 0.4) is 0 Å². The van der Waals surface area contributed by atoms with E-state index in [4.69, 9.17) is 4.74 Å². The summed E-state index contributed by atoms with van der Waals surface area (Å²) in [5.74, 6) is 0.659. The Hall–Kier alpha value is -1.27. The van der Waals surface area contributed by atoms with Gasteiger partial charge in [0.1, 0.15) is 5.82 Å². The molecule has 110 valence electrons. The molecule has 0 aliphatic carbocycles. The molecule has 0 spiro atoms. The lowest BCUT2D eigenvalue weighted by Gasteiger charge is -2.26. The number of methoxy groups -OCH3 is 1. The van der Waals surface area contributed by atoms with E-state index in [2.05, 4.69) is 10.6 Å². The van der Waals surface area contributed by atoms with Gasteiger partial charge in [0.15, 0.2) is 0 Å². The summed E-state index contributed by atoms with van der Waals surface area (Å²) in [4.78, 5) is 12.8. The minimum Gasteiger partial charge on any atom is -0.385 e. The Morgan fingerprint density at radius 1 is 1.55 bits per heavy atom. The van der Waals surface area contributed by atoms with Crippen molar-refractivity contribution in [2.45, 2.75) is 23.8 Å². The topological polar surface area (TPSA) is 50.4 Å². The summed E-state index contributed by atoms with van der Waals surface area (Å²) in [5, 5.41) is 5.69. The number of urea groups is 1. The van der Waals surface area contributed by atoms with Crippen molar-refractivity contribution in [3.8, 4) is 0 Å². The van der Waals surface area contributed by atoms with Crippen LogP contribution >= 0.6 is 11.8 Å². The van der Waals surface area contributed by atoms with Gasteiger partial charge in [-0.25, -0.2) is 9.18 Å². The van der Waals surface area contributed by atoms with Crippen molar-refractivity contribution in [2.75, 3.05) is 26.0 Å². The lowest BCUT2D eigenvalue weighted by molar-refractivity contribution is 0.193. The van der Waals surface area contributed by atoms with Crippen LogP contribution in [0.1, 0.15) is 24.4 Å². The number of nitrogens with one attached hydrogen (secondary N) is 2. The highest BCUT2D eigenvalue weighted by atomic mass is 32.2. The van der Waals surface area contributed by atoms with E-state index in [9.17, 15) is 9.18 Å². The Bertz CT molecular complexity index is 470. The van der Waals surface area contributed by atoms with Crippen molar-refractivity contribution in [3.05, 3.63) is 29.6 Å². The summed E-state index contributed by atoms with van der Waals surface area (Å²) < 4.78 is 18.3. The molecule has 2 rings (SSSR count). The molecule has 0 bridgehead atoms.